The van der Waals surface area contributed by atoms with Crippen molar-refractivity contribution >= 4 is 11.9 Å². The standard InChI is InChI=1S/C34H51N3O.C2H2O4/c1-4-5-6-7-8-9-10-11-12-16-26-34(29-35,31-20-14-13-15-21-31)27-18-22-32(37-36-2)25-24-30-19-17-23-33(28-30)38-3;3-1(4)2(5)6/h13-15,17,19-21,23,28,32H,4-12,16,18,22,24-27H2,1-3H3;(H,3,4)(H,5,6)/b37-36+;. The third-order valence-corrected chi connectivity index (χ3v) is 8.00. The summed E-state index contributed by atoms with van der Waals surface area (Å²) >= 11 is 0. The van der Waals surface area contributed by atoms with Crippen LogP contribution in [-0.2, 0) is 21.4 Å². The monoisotopic (exact) mass is 607 g/mol. The fourth-order valence-electron chi connectivity index (χ4n) is 5.49. The van der Waals surface area contributed by atoms with E-state index in [1.807, 2.05) is 18.2 Å². The Hall–Kier alpha value is -3.73. The Balaban J connectivity index is 0.00000146. The van der Waals surface area contributed by atoms with Crippen LogP contribution in [0.2, 0.25) is 0 Å². The van der Waals surface area contributed by atoms with E-state index in [0.717, 1.165) is 50.7 Å². The summed E-state index contributed by atoms with van der Waals surface area (Å²) in [6.45, 7) is 2.27. The maximum atomic E-state index is 10.4. The molecule has 242 valence electrons. The van der Waals surface area contributed by atoms with Gasteiger partial charge in [-0.1, -0.05) is 114 Å². The number of carboxylic acids is 2. The maximum Gasteiger partial charge on any atom is 0.414 e. The first-order valence-electron chi connectivity index (χ1n) is 16.2. The van der Waals surface area contributed by atoms with Gasteiger partial charge < -0.3 is 14.9 Å². The van der Waals surface area contributed by atoms with Crippen molar-refractivity contribution in [2.75, 3.05) is 14.2 Å². The van der Waals surface area contributed by atoms with Crippen LogP contribution in [0, 0.1) is 11.3 Å². The fourth-order valence-corrected chi connectivity index (χ4v) is 5.49. The molecule has 0 saturated carbocycles. The van der Waals surface area contributed by atoms with Crippen LogP contribution in [0.15, 0.2) is 64.8 Å². The molecule has 2 N–H and O–H groups in total. The second-order valence-corrected chi connectivity index (χ2v) is 11.4. The number of carbonyl (C=O) groups is 2. The lowest BCUT2D eigenvalue weighted by Gasteiger charge is -2.28. The van der Waals surface area contributed by atoms with Gasteiger partial charge in [-0.15, -0.1) is 0 Å². The predicted molar refractivity (Wildman–Crippen MR) is 175 cm³/mol. The summed E-state index contributed by atoms with van der Waals surface area (Å²) in [6.07, 6.45) is 18.8. The molecule has 2 unspecified atom stereocenters. The van der Waals surface area contributed by atoms with Crippen LogP contribution in [0.3, 0.4) is 0 Å². The Morgan fingerprint density at radius 2 is 1.43 bits per heavy atom. The minimum atomic E-state index is -1.82. The minimum Gasteiger partial charge on any atom is -0.497 e. The minimum absolute atomic E-state index is 0.177. The van der Waals surface area contributed by atoms with Crippen molar-refractivity contribution in [3.05, 3.63) is 65.7 Å². The van der Waals surface area contributed by atoms with E-state index in [1.165, 1.54) is 68.9 Å². The zero-order valence-electron chi connectivity index (χ0n) is 27.0. The molecular formula is C36H53N3O5. The van der Waals surface area contributed by atoms with Gasteiger partial charge in [0.15, 0.2) is 0 Å². The number of rotatable bonds is 21. The molecule has 0 heterocycles. The van der Waals surface area contributed by atoms with E-state index in [-0.39, 0.29) is 6.04 Å². The summed E-state index contributed by atoms with van der Waals surface area (Å²) in [6, 6.07) is 21.7. The molecule has 0 radical (unpaired) electrons. The van der Waals surface area contributed by atoms with Gasteiger partial charge in [-0.05, 0) is 61.8 Å². The molecule has 0 bridgehead atoms. The van der Waals surface area contributed by atoms with Crippen molar-refractivity contribution in [3.8, 4) is 11.8 Å². The highest BCUT2D eigenvalue weighted by Gasteiger charge is 2.31. The fraction of sp³-hybridized carbons (Fsp3) is 0.583. The number of hydrogen-bond acceptors (Lipinski definition) is 6. The van der Waals surface area contributed by atoms with Crippen molar-refractivity contribution in [2.45, 2.75) is 121 Å². The number of carboxylic acid groups (broad SMARTS) is 2. The Kier molecular flexibility index (Phi) is 20.6. The smallest absolute Gasteiger partial charge is 0.414 e. The summed E-state index contributed by atoms with van der Waals surface area (Å²) in [5, 5.41) is 33.9. The SMILES string of the molecule is CCCCCCCCCCCCC(C#N)(CCCC(CCc1cccc(OC)c1)/N=N/C)c1ccccc1.O=C(O)C(=O)O. The number of nitrogens with zero attached hydrogens (tertiary/aromatic N) is 3. The molecule has 2 aromatic rings. The van der Waals surface area contributed by atoms with Crippen molar-refractivity contribution in [1.82, 2.24) is 0 Å². The summed E-state index contributed by atoms with van der Waals surface area (Å²) < 4.78 is 5.37. The third kappa shape index (κ3) is 16.2. The Bertz CT molecular complexity index is 1120. The first-order chi connectivity index (χ1) is 21.3. The summed E-state index contributed by atoms with van der Waals surface area (Å²) in [7, 11) is 3.46. The average molecular weight is 608 g/mol. The lowest BCUT2D eigenvalue weighted by molar-refractivity contribution is -0.159. The predicted octanol–water partition coefficient (Wildman–Crippen LogP) is 9.18. The lowest BCUT2D eigenvalue weighted by atomic mass is 9.73. The topological polar surface area (TPSA) is 132 Å². The van der Waals surface area contributed by atoms with Crippen molar-refractivity contribution < 1.29 is 24.5 Å². The van der Waals surface area contributed by atoms with Crippen LogP contribution >= 0.6 is 0 Å². The van der Waals surface area contributed by atoms with Gasteiger partial charge in [0.2, 0.25) is 0 Å². The number of aliphatic carboxylic acids is 2. The normalized spacial score (nSPS) is 12.9. The molecule has 44 heavy (non-hydrogen) atoms. The second-order valence-electron chi connectivity index (χ2n) is 11.4. The third-order valence-electron chi connectivity index (χ3n) is 8.00. The molecule has 8 nitrogen and oxygen atoms in total. The Morgan fingerprint density at radius 3 is 1.98 bits per heavy atom. The van der Waals surface area contributed by atoms with Gasteiger partial charge in [-0.3, -0.25) is 0 Å². The van der Waals surface area contributed by atoms with Crippen LogP contribution in [0.5, 0.6) is 5.75 Å². The molecule has 0 aliphatic heterocycles. The van der Waals surface area contributed by atoms with E-state index in [2.05, 4.69) is 59.6 Å². The summed E-state index contributed by atoms with van der Waals surface area (Å²) in [4.78, 5) is 18.2. The van der Waals surface area contributed by atoms with E-state index >= 15 is 0 Å². The van der Waals surface area contributed by atoms with E-state index in [4.69, 9.17) is 24.5 Å². The van der Waals surface area contributed by atoms with Gasteiger partial charge in [-0.2, -0.15) is 15.5 Å². The van der Waals surface area contributed by atoms with E-state index in [9.17, 15) is 5.26 Å². The van der Waals surface area contributed by atoms with Crippen molar-refractivity contribution in [3.63, 3.8) is 0 Å². The van der Waals surface area contributed by atoms with Crippen LogP contribution in [0.25, 0.3) is 0 Å². The maximum absolute atomic E-state index is 10.4. The zero-order valence-corrected chi connectivity index (χ0v) is 27.0. The molecule has 2 atom stereocenters. The molecule has 0 spiro atoms. The van der Waals surface area contributed by atoms with Crippen LogP contribution in [0.4, 0.5) is 0 Å². The first-order valence-corrected chi connectivity index (χ1v) is 16.2. The van der Waals surface area contributed by atoms with E-state index in [1.54, 1.807) is 14.2 Å². The van der Waals surface area contributed by atoms with Gasteiger partial charge in [0.1, 0.15) is 5.75 Å². The number of hydrogen-bond donors (Lipinski definition) is 2. The number of azo groups is 1. The molecule has 0 aliphatic rings. The summed E-state index contributed by atoms with van der Waals surface area (Å²) in [5.74, 6) is -2.75. The molecule has 0 fully saturated rings. The molecule has 0 aromatic heterocycles. The number of nitriles is 1. The zero-order chi connectivity index (χ0) is 32.5. The number of benzene rings is 2. The number of unbranched alkanes of at least 4 members (excludes halogenated alkanes) is 9. The Labute approximate surface area is 264 Å². The van der Waals surface area contributed by atoms with Gasteiger partial charge in [-0.25, -0.2) is 9.59 Å². The van der Waals surface area contributed by atoms with E-state index < -0.39 is 17.4 Å². The van der Waals surface area contributed by atoms with Crippen molar-refractivity contribution in [1.29, 1.82) is 5.26 Å². The lowest BCUT2D eigenvalue weighted by Crippen LogP contribution is -2.25. The highest BCUT2D eigenvalue weighted by Crippen LogP contribution is 2.36. The molecule has 0 amide bonds. The molecule has 8 heteroatoms. The average Bonchev–Trinajstić information content (AvgIpc) is 3.04. The van der Waals surface area contributed by atoms with Crippen molar-refractivity contribution in [2.24, 2.45) is 10.2 Å². The second kappa shape index (κ2) is 23.7. The largest absolute Gasteiger partial charge is 0.497 e. The van der Waals surface area contributed by atoms with Gasteiger partial charge in [0.05, 0.1) is 24.6 Å². The molecule has 0 saturated heterocycles. The molecule has 0 aliphatic carbocycles. The van der Waals surface area contributed by atoms with Crippen LogP contribution in [0.1, 0.15) is 114 Å². The Morgan fingerprint density at radius 1 is 0.841 bits per heavy atom. The molecule has 2 rings (SSSR count). The number of methoxy groups -OCH3 is 1. The highest BCUT2D eigenvalue weighted by molar-refractivity contribution is 6.27. The molecule has 2 aromatic carbocycles. The number of aryl methyl sites for hydroxylation is 1. The summed E-state index contributed by atoms with van der Waals surface area (Å²) in [5.41, 5.74) is 2.02. The van der Waals surface area contributed by atoms with Gasteiger partial charge in [0, 0.05) is 7.05 Å². The van der Waals surface area contributed by atoms with Crippen LogP contribution < -0.4 is 4.74 Å². The van der Waals surface area contributed by atoms with Gasteiger partial charge >= 0.3 is 11.9 Å². The first kappa shape index (κ1) is 38.3. The quantitative estimate of drug-likeness (QED) is 0.0826. The van der Waals surface area contributed by atoms with Crippen LogP contribution in [-0.4, -0.2) is 42.4 Å². The number of ether oxygens (including phenoxy) is 1. The molecular weight excluding hydrogens is 554 g/mol. The van der Waals surface area contributed by atoms with Gasteiger partial charge in [0.25, 0.3) is 0 Å². The van der Waals surface area contributed by atoms with E-state index in [0.29, 0.717) is 0 Å². The highest BCUT2D eigenvalue weighted by atomic mass is 16.5.